The van der Waals surface area contributed by atoms with Crippen LogP contribution in [0.2, 0.25) is 0 Å². The van der Waals surface area contributed by atoms with Crippen molar-refractivity contribution in [2.24, 2.45) is 0 Å². The number of hydrogen-bond acceptors (Lipinski definition) is 3. The van der Waals surface area contributed by atoms with Crippen molar-refractivity contribution >= 4 is 36.7 Å². The molecule has 0 heterocycles. The van der Waals surface area contributed by atoms with Crippen LogP contribution >= 0.6 is 15.9 Å². The standard InChI is InChI=1S/C18H16BrNO3S/c19-15-8-10-16(11-9-15)24(21,22)20-12-13-23-18-7-3-5-14-4-1-2-6-17(14)18/h1-11,20H,12-13H2. The highest BCUT2D eigenvalue weighted by Gasteiger charge is 2.13. The van der Waals surface area contributed by atoms with Crippen molar-refractivity contribution in [3.8, 4) is 5.75 Å². The molecule has 0 unspecified atom stereocenters. The lowest BCUT2D eigenvalue weighted by molar-refractivity contribution is 0.326. The summed E-state index contributed by atoms with van der Waals surface area (Å²) in [6.45, 7) is 0.450. The minimum Gasteiger partial charge on any atom is -0.492 e. The molecule has 124 valence electrons. The fraction of sp³-hybridized carbons (Fsp3) is 0.111. The number of halogens is 1. The highest BCUT2D eigenvalue weighted by Crippen LogP contribution is 2.24. The first-order valence-corrected chi connectivity index (χ1v) is 9.70. The predicted octanol–water partition coefficient (Wildman–Crippen LogP) is 3.96. The molecule has 0 fully saturated rings. The summed E-state index contributed by atoms with van der Waals surface area (Å²) in [6, 6.07) is 20.2. The van der Waals surface area contributed by atoms with E-state index in [-0.39, 0.29) is 18.0 Å². The van der Waals surface area contributed by atoms with Crippen molar-refractivity contribution in [2.75, 3.05) is 13.2 Å². The monoisotopic (exact) mass is 405 g/mol. The zero-order valence-corrected chi connectivity index (χ0v) is 15.2. The second-order valence-corrected chi connectivity index (χ2v) is 7.86. The van der Waals surface area contributed by atoms with Crippen LogP contribution in [0.25, 0.3) is 10.8 Å². The lowest BCUT2D eigenvalue weighted by Gasteiger charge is -2.10. The summed E-state index contributed by atoms with van der Waals surface area (Å²) in [5, 5.41) is 2.10. The van der Waals surface area contributed by atoms with E-state index < -0.39 is 10.0 Å². The largest absolute Gasteiger partial charge is 0.492 e. The van der Waals surface area contributed by atoms with Crippen LogP contribution in [0, 0.1) is 0 Å². The molecule has 0 aliphatic carbocycles. The maximum atomic E-state index is 12.2. The van der Waals surface area contributed by atoms with Gasteiger partial charge in [-0.25, -0.2) is 13.1 Å². The Morgan fingerprint density at radius 3 is 2.42 bits per heavy atom. The smallest absolute Gasteiger partial charge is 0.240 e. The second-order valence-electron chi connectivity index (χ2n) is 5.18. The minimum absolute atomic E-state index is 0.196. The summed E-state index contributed by atoms with van der Waals surface area (Å²) in [5.41, 5.74) is 0. The molecule has 3 rings (SSSR count). The van der Waals surface area contributed by atoms with Crippen LogP contribution in [0.1, 0.15) is 0 Å². The van der Waals surface area contributed by atoms with E-state index in [4.69, 9.17) is 4.74 Å². The van der Waals surface area contributed by atoms with E-state index in [0.717, 1.165) is 21.0 Å². The average Bonchev–Trinajstić information content (AvgIpc) is 2.59. The predicted molar refractivity (Wildman–Crippen MR) is 98.8 cm³/mol. The van der Waals surface area contributed by atoms with Crippen molar-refractivity contribution < 1.29 is 13.2 Å². The van der Waals surface area contributed by atoms with Gasteiger partial charge >= 0.3 is 0 Å². The number of hydrogen-bond donors (Lipinski definition) is 1. The Hall–Kier alpha value is -1.89. The van der Waals surface area contributed by atoms with Gasteiger partial charge in [0, 0.05) is 16.4 Å². The summed E-state index contributed by atoms with van der Waals surface area (Å²) in [6.07, 6.45) is 0. The molecule has 24 heavy (non-hydrogen) atoms. The minimum atomic E-state index is -3.52. The lowest BCUT2D eigenvalue weighted by Crippen LogP contribution is -2.28. The number of ether oxygens (including phenoxy) is 1. The van der Waals surface area contributed by atoms with E-state index in [0.29, 0.717) is 0 Å². The summed E-state index contributed by atoms with van der Waals surface area (Å²) >= 11 is 3.29. The maximum absolute atomic E-state index is 12.2. The average molecular weight is 406 g/mol. The van der Waals surface area contributed by atoms with Gasteiger partial charge in [0.05, 0.1) is 4.90 Å². The van der Waals surface area contributed by atoms with Crippen molar-refractivity contribution in [1.82, 2.24) is 4.72 Å². The third-order valence-corrected chi connectivity index (χ3v) is 5.53. The van der Waals surface area contributed by atoms with Crippen LogP contribution < -0.4 is 9.46 Å². The highest BCUT2D eigenvalue weighted by atomic mass is 79.9. The van der Waals surface area contributed by atoms with Crippen molar-refractivity contribution in [3.05, 3.63) is 71.2 Å². The second kappa shape index (κ2) is 7.34. The Balaban J connectivity index is 1.61. The van der Waals surface area contributed by atoms with Crippen LogP contribution in [-0.4, -0.2) is 21.6 Å². The first kappa shape index (κ1) is 17.0. The van der Waals surface area contributed by atoms with Crippen LogP contribution in [0.15, 0.2) is 76.1 Å². The molecule has 0 saturated heterocycles. The molecular formula is C18H16BrNO3S. The van der Waals surface area contributed by atoms with Crippen LogP contribution in [0.4, 0.5) is 0 Å². The molecule has 0 atom stereocenters. The third kappa shape index (κ3) is 3.95. The molecule has 0 saturated carbocycles. The van der Waals surface area contributed by atoms with Gasteiger partial charge in [0.2, 0.25) is 10.0 Å². The van der Waals surface area contributed by atoms with E-state index >= 15 is 0 Å². The van der Waals surface area contributed by atoms with Gasteiger partial charge in [0.1, 0.15) is 12.4 Å². The third-order valence-electron chi connectivity index (χ3n) is 3.53. The Morgan fingerprint density at radius 1 is 0.917 bits per heavy atom. The van der Waals surface area contributed by atoms with Gasteiger partial charge in [-0.2, -0.15) is 0 Å². The van der Waals surface area contributed by atoms with Crippen LogP contribution in [0.3, 0.4) is 0 Å². The van der Waals surface area contributed by atoms with Gasteiger partial charge in [0.15, 0.2) is 0 Å². The molecular weight excluding hydrogens is 390 g/mol. The van der Waals surface area contributed by atoms with Crippen LogP contribution in [-0.2, 0) is 10.0 Å². The van der Waals surface area contributed by atoms with Gasteiger partial charge < -0.3 is 4.74 Å². The van der Waals surface area contributed by atoms with E-state index in [1.807, 2.05) is 42.5 Å². The summed E-state index contributed by atoms with van der Waals surface area (Å²) < 4.78 is 33.5. The van der Waals surface area contributed by atoms with Gasteiger partial charge in [-0.3, -0.25) is 0 Å². The fourth-order valence-electron chi connectivity index (χ4n) is 2.36. The number of fused-ring (bicyclic) bond motifs is 1. The zero-order chi connectivity index (χ0) is 17.0. The first-order valence-electron chi connectivity index (χ1n) is 7.42. The van der Waals surface area contributed by atoms with E-state index in [1.54, 1.807) is 24.3 Å². The number of sulfonamides is 1. The van der Waals surface area contributed by atoms with E-state index in [9.17, 15) is 8.42 Å². The van der Waals surface area contributed by atoms with Crippen molar-refractivity contribution in [3.63, 3.8) is 0 Å². The Bertz CT molecular complexity index is 935. The van der Waals surface area contributed by atoms with E-state index in [1.165, 1.54) is 0 Å². The Kier molecular flexibility index (Phi) is 5.18. The van der Waals surface area contributed by atoms with Gasteiger partial charge in [-0.15, -0.1) is 0 Å². The summed E-state index contributed by atoms with van der Waals surface area (Å²) in [4.78, 5) is 0.232. The SMILES string of the molecule is O=S(=O)(NCCOc1cccc2ccccc12)c1ccc(Br)cc1. The topological polar surface area (TPSA) is 55.4 Å². The Morgan fingerprint density at radius 2 is 1.62 bits per heavy atom. The molecule has 0 radical (unpaired) electrons. The zero-order valence-electron chi connectivity index (χ0n) is 12.8. The molecule has 0 aliphatic rings. The van der Waals surface area contributed by atoms with Crippen molar-refractivity contribution in [2.45, 2.75) is 4.90 Å². The molecule has 0 spiro atoms. The molecule has 6 heteroatoms. The number of benzene rings is 3. The molecule has 3 aromatic carbocycles. The molecule has 0 amide bonds. The normalized spacial score (nSPS) is 11.5. The molecule has 1 N–H and O–H groups in total. The lowest BCUT2D eigenvalue weighted by atomic mass is 10.1. The molecule has 0 bridgehead atoms. The van der Waals surface area contributed by atoms with Crippen molar-refractivity contribution in [1.29, 1.82) is 0 Å². The quantitative estimate of drug-likeness (QED) is 0.631. The fourth-order valence-corrected chi connectivity index (χ4v) is 3.63. The molecule has 3 aromatic rings. The Labute approximate surface area is 149 Å². The molecule has 0 aromatic heterocycles. The van der Waals surface area contributed by atoms with Gasteiger partial charge in [-0.1, -0.05) is 52.3 Å². The summed E-state index contributed by atoms with van der Waals surface area (Å²) in [5.74, 6) is 0.746. The van der Waals surface area contributed by atoms with Crippen LogP contribution in [0.5, 0.6) is 5.75 Å². The summed E-state index contributed by atoms with van der Waals surface area (Å²) in [7, 11) is -3.52. The first-order chi connectivity index (χ1) is 11.6. The number of nitrogens with one attached hydrogen (secondary N) is 1. The molecule has 0 aliphatic heterocycles. The number of rotatable bonds is 6. The maximum Gasteiger partial charge on any atom is 0.240 e. The van der Waals surface area contributed by atoms with Gasteiger partial charge in [-0.05, 0) is 35.7 Å². The van der Waals surface area contributed by atoms with E-state index in [2.05, 4.69) is 20.7 Å². The molecule has 4 nitrogen and oxygen atoms in total. The highest BCUT2D eigenvalue weighted by molar-refractivity contribution is 9.10. The van der Waals surface area contributed by atoms with Gasteiger partial charge in [0.25, 0.3) is 0 Å².